The molecule has 1 amide bonds. The Morgan fingerprint density at radius 3 is 2.50 bits per heavy atom. The number of carbonyl (C=O) groups excluding carboxylic acids is 1. The molecular formula is C18H25F2N3O5. The number of carbonyl (C=O) groups is 1. The summed E-state index contributed by atoms with van der Waals surface area (Å²) in [7, 11) is 0. The number of nitro benzene ring substituents is 1. The van der Waals surface area contributed by atoms with Crippen LogP contribution in [0.4, 0.5) is 25.0 Å². The number of hydrogen-bond donors (Lipinski definition) is 1. The second kappa shape index (κ2) is 8.26. The Bertz CT molecular complexity index is 738. The Kier molecular flexibility index (Phi) is 6.43. The van der Waals surface area contributed by atoms with Crippen LogP contribution in [0.3, 0.4) is 0 Å². The number of benzene rings is 1. The van der Waals surface area contributed by atoms with Crippen molar-refractivity contribution in [1.29, 1.82) is 0 Å². The molecule has 0 aliphatic carbocycles. The van der Waals surface area contributed by atoms with Crippen molar-refractivity contribution in [3.63, 3.8) is 0 Å². The van der Waals surface area contributed by atoms with Gasteiger partial charge in [0.25, 0.3) is 12.1 Å². The third-order valence-electron chi connectivity index (χ3n) is 4.38. The molecule has 0 aromatic heterocycles. The van der Waals surface area contributed by atoms with Gasteiger partial charge in [-0.05, 0) is 33.8 Å². The molecule has 1 aromatic rings. The second-order valence-electron chi connectivity index (χ2n) is 7.75. The third kappa shape index (κ3) is 5.06. The van der Waals surface area contributed by atoms with Crippen molar-refractivity contribution < 1.29 is 28.3 Å². The first-order valence-electron chi connectivity index (χ1n) is 8.90. The van der Waals surface area contributed by atoms with E-state index in [0.717, 1.165) is 6.07 Å². The molecule has 8 nitrogen and oxygen atoms in total. The van der Waals surface area contributed by atoms with Gasteiger partial charge in [-0.3, -0.25) is 10.1 Å². The van der Waals surface area contributed by atoms with Gasteiger partial charge in [0.2, 0.25) is 0 Å². The number of aliphatic hydroxyl groups is 1. The van der Waals surface area contributed by atoms with Gasteiger partial charge in [-0.1, -0.05) is 0 Å². The van der Waals surface area contributed by atoms with E-state index >= 15 is 0 Å². The van der Waals surface area contributed by atoms with Crippen molar-refractivity contribution in [2.45, 2.75) is 51.9 Å². The molecule has 156 valence electrons. The number of halogens is 2. The maximum absolute atomic E-state index is 13.1. The molecule has 0 saturated carbocycles. The fraction of sp³-hybridized carbons (Fsp3) is 0.611. The van der Waals surface area contributed by atoms with Gasteiger partial charge in [-0.2, -0.15) is 0 Å². The van der Waals surface area contributed by atoms with E-state index in [1.165, 1.54) is 12.1 Å². The number of aliphatic hydroxyl groups excluding tert-OH is 1. The second-order valence-corrected chi connectivity index (χ2v) is 7.75. The van der Waals surface area contributed by atoms with Gasteiger partial charge in [0.15, 0.2) is 0 Å². The maximum Gasteiger partial charge on any atom is 0.410 e. The van der Waals surface area contributed by atoms with Crippen LogP contribution >= 0.6 is 0 Å². The molecule has 1 fully saturated rings. The number of alkyl halides is 2. The van der Waals surface area contributed by atoms with Gasteiger partial charge in [0.05, 0.1) is 4.92 Å². The summed E-state index contributed by atoms with van der Waals surface area (Å²) < 4.78 is 31.6. The van der Waals surface area contributed by atoms with Gasteiger partial charge in [0.1, 0.15) is 11.7 Å². The van der Waals surface area contributed by atoms with Crippen molar-refractivity contribution in [2.24, 2.45) is 0 Å². The highest BCUT2D eigenvalue weighted by atomic mass is 19.3. The molecule has 0 spiro atoms. The summed E-state index contributed by atoms with van der Waals surface area (Å²) in [5.74, 6) is 0. The van der Waals surface area contributed by atoms with E-state index in [1.807, 2.05) is 0 Å². The van der Waals surface area contributed by atoms with Crippen LogP contribution in [0, 0.1) is 10.1 Å². The highest BCUT2D eigenvalue weighted by Crippen LogP contribution is 2.34. The van der Waals surface area contributed by atoms with E-state index in [4.69, 9.17) is 4.74 Å². The lowest BCUT2D eigenvalue weighted by Gasteiger charge is -2.42. The number of piperazine rings is 1. The Balaban J connectivity index is 2.25. The first-order valence-corrected chi connectivity index (χ1v) is 8.90. The molecule has 1 aromatic carbocycles. The number of amides is 1. The number of non-ortho nitro benzene ring substituents is 1. The van der Waals surface area contributed by atoms with Crippen LogP contribution in [0.5, 0.6) is 0 Å². The molecule has 28 heavy (non-hydrogen) atoms. The van der Waals surface area contributed by atoms with Gasteiger partial charge >= 0.3 is 6.09 Å². The van der Waals surface area contributed by atoms with E-state index in [9.17, 15) is 28.8 Å². The van der Waals surface area contributed by atoms with Crippen LogP contribution in [-0.4, -0.2) is 58.7 Å². The minimum atomic E-state index is -3.08. The quantitative estimate of drug-likeness (QED) is 0.614. The fourth-order valence-electron chi connectivity index (χ4n) is 3.08. The zero-order valence-corrected chi connectivity index (χ0v) is 16.3. The zero-order chi connectivity index (χ0) is 21.2. The lowest BCUT2D eigenvalue weighted by molar-refractivity contribution is -0.385. The van der Waals surface area contributed by atoms with E-state index in [2.05, 4.69) is 0 Å². The number of ether oxygens (including phenoxy) is 1. The van der Waals surface area contributed by atoms with E-state index in [-0.39, 0.29) is 29.5 Å². The van der Waals surface area contributed by atoms with Crippen molar-refractivity contribution in [3.8, 4) is 0 Å². The Labute approximate surface area is 161 Å². The maximum atomic E-state index is 13.1. The summed E-state index contributed by atoms with van der Waals surface area (Å²) in [6.45, 7) is 7.99. The van der Waals surface area contributed by atoms with E-state index in [0.29, 0.717) is 13.1 Å². The Hall–Kier alpha value is -2.49. The smallest absolute Gasteiger partial charge is 0.410 e. The molecule has 1 aliphatic heterocycles. The summed E-state index contributed by atoms with van der Waals surface area (Å²) in [5.41, 5.74) is -0.934. The number of rotatable bonds is 4. The fourth-order valence-corrected chi connectivity index (χ4v) is 3.08. The van der Waals surface area contributed by atoms with Crippen molar-refractivity contribution in [3.05, 3.63) is 33.9 Å². The molecule has 1 N–H and O–H groups in total. The standard InChI is InChI=1S/C18H25F2N3O5/c1-11-10-21(7-8-22(11)17(25)28-18(2,3)4)14-6-5-12(23(26)27)9-13(14)15(24)16(19)20/h5-6,9,11,15-16,24H,7-8,10H2,1-4H3. The summed E-state index contributed by atoms with van der Waals surface area (Å²) >= 11 is 0. The third-order valence-corrected chi connectivity index (χ3v) is 4.38. The highest BCUT2D eigenvalue weighted by molar-refractivity contribution is 5.69. The normalized spacial score (nSPS) is 18.9. The minimum absolute atomic E-state index is 0.206. The molecular weight excluding hydrogens is 376 g/mol. The molecule has 1 saturated heterocycles. The number of anilines is 1. The number of nitro groups is 1. The van der Waals surface area contributed by atoms with Crippen molar-refractivity contribution in [1.82, 2.24) is 4.90 Å². The molecule has 0 radical (unpaired) electrons. The van der Waals surface area contributed by atoms with E-state index < -0.39 is 29.1 Å². The first-order chi connectivity index (χ1) is 12.9. The van der Waals surface area contributed by atoms with Crippen LogP contribution in [0.2, 0.25) is 0 Å². The summed E-state index contributed by atoms with van der Waals surface area (Å²) in [5, 5.41) is 20.8. The largest absolute Gasteiger partial charge is 0.444 e. The predicted octanol–water partition coefficient (Wildman–Crippen LogP) is 3.34. The van der Waals surface area contributed by atoms with Crippen LogP contribution in [0.25, 0.3) is 0 Å². The average Bonchev–Trinajstić information content (AvgIpc) is 2.58. The van der Waals surface area contributed by atoms with Gasteiger partial charge in [-0.25, -0.2) is 13.6 Å². The topological polar surface area (TPSA) is 96.1 Å². The molecule has 2 atom stereocenters. The average molecular weight is 401 g/mol. The molecule has 10 heteroatoms. The minimum Gasteiger partial charge on any atom is -0.444 e. The summed E-state index contributed by atoms with van der Waals surface area (Å²) in [6.07, 6.45) is -5.69. The first kappa shape index (κ1) is 21.8. The van der Waals surface area contributed by atoms with Crippen molar-refractivity contribution >= 4 is 17.5 Å². The molecule has 0 bridgehead atoms. The number of hydrogen-bond acceptors (Lipinski definition) is 6. The van der Waals surface area contributed by atoms with Crippen LogP contribution in [0.1, 0.15) is 39.4 Å². The predicted molar refractivity (Wildman–Crippen MR) is 98.7 cm³/mol. The lowest BCUT2D eigenvalue weighted by atomic mass is 10.0. The van der Waals surface area contributed by atoms with Crippen LogP contribution in [-0.2, 0) is 4.74 Å². The monoisotopic (exact) mass is 401 g/mol. The molecule has 2 unspecified atom stereocenters. The summed E-state index contributed by atoms with van der Waals surface area (Å²) in [4.78, 5) is 25.9. The number of nitrogens with zero attached hydrogens (tertiary/aromatic N) is 3. The van der Waals surface area contributed by atoms with Gasteiger partial charge in [0, 0.05) is 49.1 Å². The van der Waals surface area contributed by atoms with E-state index in [1.54, 1.807) is 37.5 Å². The highest BCUT2D eigenvalue weighted by Gasteiger charge is 2.33. The van der Waals surface area contributed by atoms with Crippen LogP contribution in [0.15, 0.2) is 18.2 Å². The Morgan fingerprint density at radius 1 is 1.36 bits per heavy atom. The zero-order valence-electron chi connectivity index (χ0n) is 16.3. The van der Waals surface area contributed by atoms with Crippen molar-refractivity contribution in [2.75, 3.05) is 24.5 Å². The van der Waals surface area contributed by atoms with Crippen LogP contribution < -0.4 is 4.90 Å². The van der Waals surface area contributed by atoms with Gasteiger partial charge < -0.3 is 19.6 Å². The van der Waals surface area contributed by atoms with Gasteiger partial charge in [-0.15, -0.1) is 0 Å². The molecule has 2 rings (SSSR count). The summed E-state index contributed by atoms with van der Waals surface area (Å²) in [6, 6.07) is 3.25. The lowest BCUT2D eigenvalue weighted by Crippen LogP contribution is -2.55. The molecule has 1 heterocycles. The SMILES string of the molecule is CC1CN(c2ccc([N+](=O)[O-])cc2C(O)C(F)F)CCN1C(=O)OC(C)(C)C. The molecule has 1 aliphatic rings. The Morgan fingerprint density at radius 2 is 2.00 bits per heavy atom.